The lowest BCUT2D eigenvalue weighted by molar-refractivity contribution is -0.434. The Labute approximate surface area is 344 Å². The van der Waals surface area contributed by atoms with Crippen molar-refractivity contribution in [3.63, 3.8) is 0 Å². The van der Waals surface area contributed by atoms with E-state index in [2.05, 4.69) is 53.9 Å². The summed E-state index contributed by atoms with van der Waals surface area (Å²) >= 11 is 0.942. The number of phenols is 1. The average molecular weight is 940 g/mol. The van der Waals surface area contributed by atoms with E-state index in [1.54, 1.807) is 0 Å². The molecule has 0 spiro atoms. The minimum Gasteiger partial charge on any atom is -0.505 e. The third-order valence-electron chi connectivity index (χ3n) is 7.62. The van der Waals surface area contributed by atoms with E-state index in [1.807, 2.05) is 0 Å². The number of sulfone groups is 1. The van der Waals surface area contributed by atoms with Gasteiger partial charge in [-0.1, -0.05) is 33.3 Å². The third-order valence-corrected chi connectivity index (χ3v) is 12.8. The molecule has 0 amide bonds. The van der Waals surface area contributed by atoms with Gasteiger partial charge in [0.05, 0.1) is 51.9 Å². The quantitative estimate of drug-likeness (QED) is 0.00981. The minimum atomic E-state index is -5.13. The van der Waals surface area contributed by atoms with E-state index >= 15 is 0 Å². The first-order valence-electron chi connectivity index (χ1n) is 15.3. The van der Waals surface area contributed by atoms with Gasteiger partial charge < -0.3 is 10.4 Å². The van der Waals surface area contributed by atoms with Gasteiger partial charge in [0, 0.05) is 28.1 Å². The Balaban J connectivity index is 1.62. The average Bonchev–Trinajstić information content (AvgIpc) is 3.19. The highest BCUT2D eigenvalue weighted by molar-refractivity contribution is 7.95. The molecule has 0 aliphatic rings. The highest BCUT2D eigenvalue weighted by atomic mass is 32.2. The van der Waals surface area contributed by atoms with Gasteiger partial charge in [-0.25, -0.2) is 24.2 Å². The maximum absolute atomic E-state index is 12.8. The number of benzene rings is 5. The minimum absolute atomic E-state index is 0.00442. The molecule has 5 aromatic carbocycles. The molecule has 0 aliphatic carbocycles. The monoisotopic (exact) mass is 939 g/mol. The predicted molar refractivity (Wildman–Crippen MR) is 205 cm³/mol. The van der Waals surface area contributed by atoms with Crippen LogP contribution in [0.4, 0.5) is 28.4 Å². The number of nitrogens with one attached hydrogen (secondary N) is 1. The van der Waals surface area contributed by atoms with Crippen LogP contribution in [0.3, 0.4) is 0 Å². The Morgan fingerprint density at radius 1 is 0.661 bits per heavy atom. The van der Waals surface area contributed by atoms with Crippen molar-refractivity contribution in [2.24, 2.45) is 20.5 Å². The molecule has 0 aromatic heterocycles. The van der Waals surface area contributed by atoms with Crippen molar-refractivity contribution in [2.75, 3.05) is 24.7 Å². The molecule has 7 N–H and O–H groups in total. The molecule has 316 valence electrons. The summed E-state index contributed by atoms with van der Waals surface area (Å²) in [6.07, 6.45) is 0. The van der Waals surface area contributed by atoms with Gasteiger partial charge in [0.25, 0.3) is 20.2 Å². The van der Waals surface area contributed by atoms with Crippen LogP contribution in [-0.2, 0) is 62.4 Å². The van der Waals surface area contributed by atoms with Crippen LogP contribution in [0, 0.1) is 0 Å². The number of anilines is 1. The van der Waals surface area contributed by atoms with E-state index in [9.17, 15) is 39.5 Å². The number of hydrogen-bond acceptors (Lipinski definition) is 25. The van der Waals surface area contributed by atoms with Crippen LogP contribution in [0.2, 0.25) is 0 Å². The number of aromatic hydroxyl groups is 1. The van der Waals surface area contributed by atoms with Gasteiger partial charge in [0.15, 0.2) is 27.9 Å². The maximum atomic E-state index is 12.8. The van der Waals surface area contributed by atoms with Crippen LogP contribution in [0.1, 0.15) is 0 Å². The van der Waals surface area contributed by atoms with Crippen molar-refractivity contribution in [1.82, 2.24) is 0 Å². The highest BCUT2D eigenvalue weighted by Crippen LogP contribution is 2.49. The first kappa shape index (κ1) is 45.9. The van der Waals surface area contributed by atoms with Gasteiger partial charge in [-0.2, -0.15) is 16.8 Å². The largest absolute Gasteiger partial charge is 0.505 e. The summed E-state index contributed by atoms with van der Waals surface area (Å²) in [6, 6.07) is 13.6. The van der Waals surface area contributed by atoms with Gasteiger partial charge in [-0.15, -0.1) is 33.5 Å². The van der Waals surface area contributed by atoms with Crippen molar-refractivity contribution in [3.8, 4) is 5.75 Å². The van der Waals surface area contributed by atoms with Gasteiger partial charge >= 0.3 is 0 Å². The van der Waals surface area contributed by atoms with E-state index in [0.29, 0.717) is 18.1 Å². The summed E-state index contributed by atoms with van der Waals surface area (Å²) < 4.78 is 114. The SMILES string of the molecule is CNc1ccc2c(O)c(/N=N/c3ccc4c(SOOO)cccc4c3S(=O)(=O)O)c(SOOO)cc2c1/N=N/c1ccc(S(=O)(=O)CCOSOOO)cc1S(=O)(=O)O. The first-order chi connectivity index (χ1) is 28.0. The molecule has 5 aromatic rings. The maximum Gasteiger partial charge on any atom is 0.297 e. The third kappa shape index (κ3) is 11.0. The van der Waals surface area contributed by atoms with Gasteiger partial charge in [0.2, 0.25) is 0 Å². The smallest absolute Gasteiger partial charge is 0.297 e. The summed E-state index contributed by atoms with van der Waals surface area (Å²) in [7, 11) is -12.9. The summed E-state index contributed by atoms with van der Waals surface area (Å²) in [5.74, 6) is -1.32. The Kier molecular flexibility index (Phi) is 15.5. The van der Waals surface area contributed by atoms with Gasteiger partial charge in [0.1, 0.15) is 32.5 Å². The molecular weight excluding hydrogens is 915 g/mol. The lowest BCUT2D eigenvalue weighted by Crippen LogP contribution is -2.12. The van der Waals surface area contributed by atoms with Crippen molar-refractivity contribution in [2.45, 2.75) is 24.5 Å². The summed E-state index contributed by atoms with van der Waals surface area (Å²) in [5.41, 5.74) is -1.15. The summed E-state index contributed by atoms with van der Waals surface area (Å²) in [5, 5.41) is 67.0. The van der Waals surface area contributed by atoms with Gasteiger partial charge in [-0.3, -0.25) is 13.3 Å². The predicted octanol–water partition coefficient (Wildman–Crippen LogP) is 7.70. The van der Waals surface area contributed by atoms with E-state index < -0.39 is 74.2 Å². The van der Waals surface area contributed by atoms with E-state index in [-0.39, 0.29) is 72.8 Å². The summed E-state index contributed by atoms with van der Waals surface area (Å²) in [4.78, 5) is -2.07. The van der Waals surface area contributed by atoms with Crippen LogP contribution in [0.25, 0.3) is 21.5 Å². The van der Waals surface area contributed by atoms with Crippen LogP contribution in [0.5, 0.6) is 5.75 Å². The molecule has 0 unspecified atom stereocenters. The molecule has 30 heteroatoms. The molecule has 0 saturated carbocycles. The standard InChI is InChI=1S/C29H25N5O19S6/c1-30-21-9-7-17-19(26(21)33-31-20-8-5-15(13-25(20)58(41,42)43)57(39,40)12-11-47-56-53-50-38)14-24(55-52-49-37)27(28(17)35)34-32-22-10-6-16-18(29(22)59(44,45)46)3-2-4-23(16)54-51-48-36/h2-10,13-14,30,35-38H,11-12H2,1H3,(H,41,42,43)(H,44,45,46)/b33-31+,34-32+. The molecule has 24 nitrogen and oxygen atoms in total. The van der Waals surface area contributed by atoms with Crippen LogP contribution < -0.4 is 5.32 Å². The van der Waals surface area contributed by atoms with E-state index in [0.717, 1.165) is 12.1 Å². The number of azo groups is 2. The molecule has 0 atom stereocenters. The van der Waals surface area contributed by atoms with Gasteiger partial charge in [-0.05, 0) is 53.9 Å². The van der Waals surface area contributed by atoms with Crippen molar-refractivity contribution in [1.29, 1.82) is 0 Å². The molecule has 59 heavy (non-hydrogen) atoms. The number of phenolic OH excluding ortho intramolecular Hbond substituents is 1. The second-order valence-corrected chi connectivity index (χ2v) is 17.8. The normalized spacial score (nSPS) is 12.7. The van der Waals surface area contributed by atoms with Crippen molar-refractivity contribution < 1.29 is 87.5 Å². The molecule has 0 bridgehead atoms. The number of nitrogens with zero attached hydrogens (tertiary/aromatic N) is 4. The number of hydrogen-bond donors (Lipinski definition) is 7. The zero-order valence-electron chi connectivity index (χ0n) is 29.0. The zero-order chi connectivity index (χ0) is 43.0. The van der Waals surface area contributed by atoms with Crippen molar-refractivity contribution in [3.05, 3.63) is 66.7 Å². The molecule has 0 saturated heterocycles. The molecule has 0 heterocycles. The fourth-order valence-corrected chi connectivity index (χ4v) is 9.18. The second-order valence-electron chi connectivity index (χ2n) is 10.9. The van der Waals surface area contributed by atoms with Crippen LogP contribution in [-0.4, -0.2) is 74.6 Å². The highest BCUT2D eigenvalue weighted by Gasteiger charge is 2.25. The lowest BCUT2D eigenvalue weighted by Gasteiger charge is -2.13. The van der Waals surface area contributed by atoms with Crippen LogP contribution in [0.15, 0.2) is 112 Å². The van der Waals surface area contributed by atoms with E-state index in [4.69, 9.17) is 20.0 Å². The fraction of sp³-hybridized carbons (Fsp3) is 0.103. The van der Waals surface area contributed by atoms with Crippen LogP contribution >= 0.6 is 36.4 Å². The Hall–Kier alpha value is -4.16. The molecule has 0 aliphatic heterocycles. The first-order valence-corrected chi connectivity index (χ1v) is 22.0. The summed E-state index contributed by atoms with van der Waals surface area (Å²) in [6.45, 7) is -0.493. The number of rotatable bonds is 20. The fourth-order valence-electron chi connectivity index (χ4n) is 5.20. The molecule has 0 radical (unpaired) electrons. The Morgan fingerprint density at radius 2 is 1.31 bits per heavy atom. The number of fused-ring (bicyclic) bond motifs is 2. The lowest BCUT2D eigenvalue weighted by atomic mass is 10.1. The molecule has 5 rings (SSSR count). The molecular formula is C29H25N5O19S6. The molecule has 0 fully saturated rings. The Bertz CT molecular complexity index is 2760. The second kappa shape index (κ2) is 19.9. The van der Waals surface area contributed by atoms with E-state index in [1.165, 1.54) is 55.6 Å². The topological polar surface area (TPSA) is 350 Å². The zero-order valence-corrected chi connectivity index (χ0v) is 33.9. The Morgan fingerprint density at radius 3 is 1.97 bits per heavy atom. The van der Waals surface area contributed by atoms with Crippen molar-refractivity contribution >= 4 is 116 Å².